The fraction of sp³-hybridized carbons (Fsp3) is 0.750. The lowest BCUT2D eigenvalue weighted by Crippen LogP contribution is -2.45. The maximum absolute atomic E-state index is 12.6. The molecule has 0 radical (unpaired) electrons. The summed E-state index contributed by atoms with van der Waals surface area (Å²) < 4.78 is 31.8. The van der Waals surface area contributed by atoms with Crippen LogP contribution in [-0.2, 0) is 10.0 Å². The zero-order chi connectivity index (χ0) is 14.2. The van der Waals surface area contributed by atoms with Gasteiger partial charge < -0.3 is 10.3 Å². The Bertz CT molecular complexity index is 533. The minimum atomic E-state index is -3.52. The summed E-state index contributed by atoms with van der Waals surface area (Å²) in [4.78, 5) is 0.206. The number of sulfonamides is 1. The Balaban J connectivity index is 2.31. The van der Waals surface area contributed by atoms with Crippen molar-refractivity contribution in [1.82, 2.24) is 9.46 Å². The number of aryl methyl sites for hydroxylation is 2. The van der Waals surface area contributed by atoms with E-state index in [1.807, 2.05) is 0 Å². The summed E-state index contributed by atoms with van der Waals surface area (Å²) in [5.41, 5.74) is 6.14. The molecule has 1 aromatic heterocycles. The van der Waals surface area contributed by atoms with Crippen LogP contribution in [0.3, 0.4) is 0 Å². The highest BCUT2D eigenvalue weighted by Gasteiger charge is 2.36. The maximum atomic E-state index is 12.6. The van der Waals surface area contributed by atoms with Crippen LogP contribution in [0, 0.1) is 25.7 Å². The minimum Gasteiger partial charge on any atom is -0.360 e. The summed E-state index contributed by atoms with van der Waals surface area (Å²) in [5, 5.41) is 3.73. The average molecular weight is 287 g/mol. The number of hydrogen-bond acceptors (Lipinski definition) is 5. The number of nitrogens with zero attached hydrogens (tertiary/aromatic N) is 2. The van der Waals surface area contributed by atoms with Crippen molar-refractivity contribution in [2.75, 3.05) is 19.6 Å². The zero-order valence-corrected chi connectivity index (χ0v) is 12.4. The van der Waals surface area contributed by atoms with Gasteiger partial charge in [-0.25, -0.2) is 8.42 Å². The minimum absolute atomic E-state index is 0.206. The third-order valence-electron chi connectivity index (χ3n) is 3.95. The van der Waals surface area contributed by atoms with Gasteiger partial charge in [-0.3, -0.25) is 0 Å². The van der Waals surface area contributed by atoms with Crippen molar-refractivity contribution >= 4 is 10.0 Å². The van der Waals surface area contributed by atoms with Gasteiger partial charge in [-0.05, 0) is 38.6 Å². The zero-order valence-electron chi connectivity index (χ0n) is 11.6. The molecule has 1 saturated heterocycles. The molecule has 6 nitrogen and oxygen atoms in total. The van der Waals surface area contributed by atoms with E-state index in [2.05, 4.69) is 12.1 Å². The molecule has 1 aliphatic rings. The molecule has 1 aromatic rings. The van der Waals surface area contributed by atoms with Crippen molar-refractivity contribution in [2.45, 2.75) is 32.1 Å². The fourth-order valence-electron chi connectivity index (χ4n) is 2.61. The summed E-state index contributed by atoms with van der Waals surface area (Å²) in [7, 11) is -3.52. The van der Waals surface area contributed by atoms with E-state index in [0.29, 0.717) is 37.0 Å². The van der Waals surface area contributed by atoms with Crippen LogP contribution in [0.1, 0.15) is 24.8 Å². The average Bonchev–Trinajstić information content (AvgIpc) is 2.69. The van der Waals surface area contributed by atoms with Crippen molar-refractivity contribution in [3.63, 3.8) is 0 Å². The van der Waals surface area contributed by atoms with Gasteiger partial charge in [0, 0.05) is 13.1 Å². The summed E-state index contributed by atoms with van der Waals surface area (Å²) in [6.45, 7) is 6.91. The smallest absolute Gasteiger partial charge is 0.248 e. The second-order valence-electron chi connectivity index (χ2n) is 5.28. The van der Waals surface area contributed by atoms with Gasteiger partial charge in [0.2, 0.25) is 10.0 Å². The predicted molar refractivity (Wildman–Crippen MR) is 71.1 cm³/mol. The molecule has 0 saturated carbocycles. The molecule has 2 N–H and O–H groups in total. The molecule has 1 aliphatic heterocycles. The lowest BCUT2D eigenvalue weighted by molar-refractivity contribution is 0.203. The molecular weight excluding hydrogens is 266 g/mol. The number of hydrogen-bond donors (Lipinski definition) is 1. The van der Waals surface area contributed by atoms with Gasteiger partial charge in [0.15, 0.2) is 5.76 Å². The van der Waals surface area contributed by atoms with E-state index < -0.39 is 10.0 Å². The number of aromatic nitrogens is 1. The van der Waals surface area contributed by atoms with Gasteiger partial charge in [-0.1, -0.05) is 12.1 Å². The third-order valence-corrected chi connectivity index (χ3v) is 6.06. The van der Waals surface area contributed by atoms with Gasteiger partial charge in [-0.2, -0.15) is 4.31 Å². The highest BCUT2D eigenvalue weighted by Crippen LogP contribution is 2.29. The monoisotopic (exact) mass is 287 g/mol. The van der Waals surface area contributed by atoms with E-state index in [0.717, 1.165) is 6.42 Å². The first-order valence-corrected chi connectivity index (χ1v) is 7.95. The molecule has 108 valence electrons. The van der Waals surface area contributed by atoms with E-state index >= 15 is 0 Å². The van der Waals surface area contributed by atoms with Crippen LogP contribution in [-0.4, -0.2) is 37.5 Å². The van der Waals surface area contributed by atoms with E-state index in [9.17, 15) is 8.42 Å². The summed E-state index contributed by atoms with van der Waals surface area (Å²) in [5.74, 6) is 1.02. The number of nitrogens with two attached hydrogens (primary N) is 1. The first kappa shape index (κ1) is 14.5. The Morgan fingerprint density at radius 3 is 2.68 bits per heavy atom. The SMILES string of the molecule is Cc1noc(C)c1S(=O)(=O)N1CCC(C)C(CN)C1. The summed E-state index contributed by atoms with van der Waals surface area (Å²) >= 11 is 0. The topological polar surface area (TPSA) is 89.4 Å². The van der Waals surface area contributed by atoms with Crippen LogP contribution < -0.4 is 5.73 Å². The number of piperidine rings is 1. The van der Waals surface area contributed by atoms with E-state index in [4.69, 9.17) is 10.3 Å². The molecule has 0 amide bonds. The van der Waals surface area contributed by atoms with Crippen molar-refractivity contribution < 1.29 is 12.9 Å². The summed E-state index contributed by atoms with van der Waals surface area (Å²) in [6.07, 6.45) is 0.838. The molecule has 0 aliphatic carbocycles. The van der Waals surface area contributed by atoms with Crippen molar-refractivity contribution in [1.29, 1.82) is 0 Å². The quantitative estimate of drug-likeness (QED) is 0.892. The standard InChI is InChI=1S/C12H21N3O3S/c1-8-4-5-15(7-11(8)6-13)19(16,17)12-9(2)14-18-10(12)3/h8,11H,4-7,13H2,1-3H3. The molecule has 2 heterocycles. The molecule has 0 bridgehead atoms. The Hall–Kier alpha value is -0.920. The first-order valence-electron chi connectivity index (χ1n) is 6.51. The van der Waals surface area contributed by atoms with Crippen LogP contribution in [0.5, 0.6) is 0 Å². The molecule has 2 rings (SSSR count). The normalized spacial score (nSPS) is 25.7. The maximum Gasteiger partial charge on any atom is 0.248 e. The molecule has 7 heteroatoms. The Kier molecular flexibility index (Phi) is 3.98. The molecule has 0 spiro atoms. The molecule has 19 heavy (non-hydrogen) atoms. The van der Waals surface area contributed by atoms with Gasteiger partial charge >= 0.3 is 0 Å². The lowest BCUT2D eigenvalue weighted by atomic mass is 9.88. The highest BCUT2D eigenvalue weighted by molar-refractivity contribution is 7.89. The van der Waals surface area contributed by atoms with Crippen LogP contribution in [0.2, 0.25) is 0 Å². The Labute approximate surface area is 114 Å². The molecule has 2 unspecified atom stereocenters. The van der Waals surface area contributed by atoms with Crippen LogP contribution in [0.15, 0.2) is 9.42 Å². The Morgan fingerprint density at radius 2 is 2.16 bits per heavy atom. The van der Waals surface area contributed by atoms with Gasteiger partial charge in [-0.15, -0.1) is 0 Å². The van der Waals surface area contributed by atoms with Gasteiger partial charge in [0.25, 0.3) is 0 Å². The van der Waals surface area contributed by atoms with Crippen molar-refractivity contribution in [2.24, 2.45) is 17.6 Å². The van der Waals surface area contributed by atoms with Crippen molar-refractivity contribution in [3.05, 3.63) is 11.5 Å². The number of rotatable bonds is 3. The van der Waals surface area contributed by atoms with Crippen LogP contribution in [0.25, 0.3) is 0 Å². The molecule has 0 aromatic carbocycles. The van der Waals surface area contributed by atoms with Gasteiger partial charge in [0.1, 0.15) is 10.6 Å². The van der Waals surface area contributed by atoms with Crippen LogP contribution >= 0.6 is 0 Å². The lowest BCUT2D eigenvalue weighted by Gasteiger charge is -2.35. The fourth-order valence-corrected chi connectivity index (χ4v) is 4.42. The summed E-state index contributed by atoms with van der Waals surface area (Å²) in [6, 6.07) is 0. The predicted octanol–water partition coefficient (Wildman–Crippen LogP) is 0.897. The second kappa shape index (κ2) is 5.22. The van der Waals surface area contributed by atoms with E-state index in [1.54, 1.807) is 13.8 Å². The van der Waals surface area contributed by atoms with Crippen molar-refractivity contribution in [3.8, 4) is 0 Å². The third kappa shape index (κ3) is 2.54. The molecule has 2 atom stereocenters. The van der Waals surface area contributed by atoms with E-state index in [1.165, 1.54) is 4.31 Å². The Morgan fingerprint density at radius 1 is 1.47 bits per heavy atom. The van der Waals surface area contributed by atoms with E-state index in [-0.39, 0.29) is 10.8 Å². The highest BCUT2D eigenvalue weighted by atomic mass is 32.2. The molecular formula is C12H21N3O3S. The largest absolute Gasteiger partial charge is 0.360 e. The first-order chi connectivity index (χ1) is 8.87. The van der Waals surface area contributed by atoms with Crippen LogP contribution in [0.4, 0.5) is 0 Å². The molecule has 1 fully saturated rings. The second-order valence-corrected chi connectivity index (χ2v) is 7.15. The van der Waals surface area contributed by atoms with Gasteiger partial charge in [0.05, 0.1) is 0 Å².